The predicted molar refractivity (Wildman–Crippen MR) is 77.2 cm³/mol. The Kier molecular flexibility index (Phi) is 4.95. The van der Waals surface area contributed by atoms with Gasteiger partial charge in [0.25, 0.3) is 0 Å². The fraction of sp³-hybridized carbons (Fsp3) is 1.00. The lowest BCUT2D eigenvalue weighted by Crippen LogP contribution is -2.40. The van der Waals surface area contributed by atoms with E-state index in [1.165, 1.54) is 55.8 Å². The van der Waals surface area contributed by atoms with E-state index in [0.717, 1.165) is 18.4 Å². The summed E-state index contributed by atoms with van der Waals surface area (Å²) in [6, 6.07) is 0. The number of hydrogen-bond donors (Lipinski definition) is 0. The van der Waals surface area contributed by atoms with Crippen LogP contribution in [0, 0.1) is 11.8 Å². The monoisotopic (exact) mass is 336 g/mol. The van der Waals surface area contributed by atoms with E-state index in [2.05, 4.69) is 29.5 Å². The van der Waals surface area contributed by atoms with Crippen LogP contribution in [-0.4, -0.2) is 16.6 Å². The molecule has 0 aromatic carbocycles. The highest BCUT2D eigenvalue weighted by Gasteiger charge is 2.35. The maximum absolute atomic E-state index is 6.31. The molecule has 2 fully saturated rings. The molecular weight excluding hydrogens is 311 g/mol. The molecule has 0 radical (unpaired) electrons. The molecule has 0 unspecified atom stereocenters. The van der Waals surface area contributed by atoms with Crippen molar-refractivity contribution < 1.29 is 4.74 Å². The van der Waals surface area contributed by atoms with Gasteiger partial charge in [0.05, 0.1) is 12.2 Å². The minimum Gasteiger partial charge on any atom is -0.374 e. The molecule has 0 atom stereocenters. The first-order valence-electron chi connectivity index (χ1n) is 6.98. The molecule has 2 saturated carbocycles. The maximum atomic E-state index is 6.31. The molecule has 0 spiro atoms. The zero-order chi connectivity index (χ0) is 11.4. The van der Waals surface area contributed by atoms with Gasteiger partial charge < -0.3 is 4.74 Å². The molecule has 2 aliphatic rings. The Hall–Kier alpha value is 0.690. The third-order valence-corrected chi connectivity index (χ3v) is 6.08. The molecule has 16 heavy (non-hydrogen) atoms. The molecule has 0 amide bonds. The first-order valence-corrected chi connectivity index (χ1v) is 8.50. The number of alkyl halides is 1. The Labute approximate surface area is 114 Å². The van der Waals surface area contributed by atoms with Crippen molar-refractivity contribution in [3.63, 3.8) is 0 Å². The van der Waals surface area contributed by atoms with Gasteiger partial charge in [0.1, 0.15) is 0 Å². The van der Waals surface area contributed by atoms with Crippen molar-refractivity contribution in [3.05, 3.63) is 0 Å². The number of ether oxygens (including phenoxy) is 1. The average Bonchev–Trinajstić information content (AvgIpc) is 2.28. The minimum atomic E-state index is 0.252. The summed E-state index contributed by atoms with van der Waals surface area (Å²) in [6.45, 7) is 3.37. The van der Waals surface area contributed by atoms with Gasteiger partial charge in [-0.25, -0.2) is 0 Å². The second-order valence-electron chi connectivity index (χ2n) is 5.78. The van der Waals surface area contributed by atoms with E-state index < -0.39 is 0 Å². The topological polar surface area (TPSA) is 9.23 Å². The summed E-state index contributed by atoms with van der Waals surface area (Å²) < 4.78 is 7.50. The minimum absolute atomic E-state index is 0.252. The summed E-state index contributed by atoms with van der Waals surface area (Å²) in [7, 11) is 0. The van der Waals surface area contributed by atoms with Gasteiger partial charge in [-0.3, -0.25) is 0 Å². The van der Waals surface area contributed by atoms with Crippen molar-refractivity contribution in [1.82, 2.24) is 0 Å². The quantitative estimate of drug-likeness (QED) is 0.528. The molecule has 1 nitrogen and oxygen atoms in total. The number of rotatable bonds is 5. The predicted octanol–water partition coefficient (Wildman–Crippen LogP) is 4.58. The van der Waals surface area contributed by atoms with Gasteiger partial charge in [-0.1, -0.05) is 42.4 Å². The molecule has 0 N–H and O–H groups in total. The van der Waals surface area contributed by atoms with Crippen LogP contribution >= 0.6 is 22.6 Å². The second-order valence-corrected chi connectivity index (χ2v) is 6.54. The normalized spacial score (nSPS) is 36.0. The summed E-state index contributed by atoms with van der Waals surface area (Å²) in [5.41, 5.74) is 0.252. The van der Waals surface area contributed by atoms with Gasteiger partial charge in [-0.05, 0) is 50.4 Å². The van der Waals surface area contributed by atoms with Gasteiger partial charge in [0.2, 0.25) is 0 Å². The van der Waals surface area contributed by atoms with E-state index in [9.17, 15) is 0 Å². The lowest BCUT2D eigenvalue weighted by Gasteiger charge is -2.40. The van der Waals surface area contributed by atoms with Crippen LogP contribution in [0.1, 0.15) is 58.3 Å². The zero-order valence-electron chi connectivity index (χ0n) is 10.5. The molecule has 0 heterocycles. The van der Waals surface area contributed by atoms with Crippen LogP contribution in [0.15, 0.2) is 0 Å². The summed E-state index contributed by atoms with van der Waals surface area (Å²) in [5.74, 6) is 1.87. The Morgan fingerprint density at radius 2 is 1.81 bits per heavy atom. The summed E-state index contributed by atoms with van der Waals surface area (Å²) in [6.07, 6.45) is 11.0. The Morgan fingerprint density at radius 1 is 1.12 bits per heavy atom. The lowest BCUT2D eigenvalue weighted by molar-refractivity contribution is -0.0811. The van der Waals surface area contributed by atoms with Crippen molar-refractivity contribution in [2.75, 3.05) is 11.0 Å². The molecule has 2 rings (SSSR count). The largest absolute Gasteiger partial charge is 0.374 e. The average molecular weight is 336 g/mol. The van der Waals surface area contributed by atoms with Crippen molar-refractivity contribution in [1.29, 1.82) is 0 Å². The Morgan fingerprint density at radius 3 is 2.25 bits per heavy atom. The van der Waals surface area contributed by atoms with Crippen LogP contribution in [0.4, 0.5) is 0 Å². The fourth-order valence-corrected chi connectivity index (χ4v) is 3.87. The zero-order valence-corrected chi connectivity index (χ0v) is 12.7. The standard InChI is InChI=1S/C14H25IO/c1-2-12-6-8-14(11-15,9-7-12)16-10-13-4-3-5-13/h12-13H,2-11H2,1H3. The van der Waals surface area contributed by atoms with Crippen LogP contribution in [0.2, 0.25) is 0 Å². The molecule has 0 aromatic rings. The van der Waals surface area contributed by atoms with Crippen LogP contribution in [0.5, 0.6) is 0 Å². The summed E-state index contributed by atoms with van der Waals surface area (Å²) in [4.78, 5) is 0. The molecule has 0 saturated heterocycles. The first-order chi connectivity index (χ1) is 7.78. The van der Waals surface area contributed by atoms with Crippen LogP contribution in [0.3, 0.4) is 0 Å². The molecule has 0 aliphatic heterocycles. The van der Waals surface area contributed by atoms with Gasteiger partial charge in [-0.15, -0.1) is 0 Å². The Bertz CT molecular complexity index is 205. The van der Waals surface area contributed by atoms with Gasteiger partial charge >= 0.3 is 0 Å². The van der Waals surface area contributed by atoms with Crippen molar-refractivity contribution >= 4 is 22.6 Å². The van der Waals surface area contributed by atoms with E-state index in [-0.39, 0.29) is 5.60 Å². The van der Waals surface area contributed by atoms with E-state index in [0.29, 0.717) is 0 Å². The van der Waals surface area contributed by atoms with Crippen molar-refractivity contribution in [2.24, 2.45) is 11.8 Å². The van der Waals surface area contributed by atoms with E-state index in [1.54, 1.807) is 0 Å². The van der Waals surface area contributed by atoms with Crippen LogP contribution in [-0.2, 0) is 4.74 Å². The highest BCUT2D eigenvalue weighted by Crippen LogP contribution is 2.39. The van der Waals surface area contributed by atoms with Gasteiger partial charge in [0.15, 0.2) is 0 Å². The van der Waals surface area contributed by atoms with E-state index in [1.807, 2.05) is 0 Å². The SMILES string of the molecule is CCC1CCC(CI)(OCC2CCC2)CC1. The van der Waals surface area contributed by atoms with Gasteiger partial charge in [0, 0.05) is 4.43 Å². The fourth-order valence-electron chi connectivity index (χ4n) is 2.88. The van der Waals surface area contributed by atoms with Crippen molar-refractivity contribution in [2.45, 2.75) is 63.9 Å². The molecule has 2 heteroatoms. The summed E-state index contributed by atoms with van der Waals surface area (Å²) in [5, 5.41) is 0. The molecule has 0 bridgehead atoms. The number of halogens is 1. The molecule has 94 valence electrons. The smallest absolute Gasteiger partial charge is 0.0771 e. The summed E-state index contributed by atoms with van der Waals surface area (Å²) >= 11 is 2.53. The Balaban J connectivity index is 1.77. The highest BCUT2D eigenvalue weighted by atomic mass is 127. The lowest BCUT2D eigenvalue weighted by atomic mass is 9.78. The second kappa shape index (κ2) is 6.03. The van der Waals surface area contributed by atoms with Crippen LogP contribution in [0.25, 0.3) is 0 Å². The third kappa shape index (κ3) is 3.12. The number of hydrogen-bond acceptors (Lipinski definition) is 1. The molecular formula is C14H25IO. The highest BCUT2D eigenvalue weighted by molar-refractivity contribution is 14.1. The third-order valence-electron chi connectivity index (χ3n) is 4.69. The van der Waals surface area contributed by atoms with Gasteiger partial charge in [-0.2, -0.15) is 0 Å². The maximum Gasteiger partial charge on any atom is 0.0771 e. The van der Waals surface area contributed by atoms with Crippen molar-refractivity contribution in [3.8, 4) is 0 Å². The van der Waals surface area contributed by atoms with E-state index in [4.69, 9.17) is 4.74 Å². The van der Waals surface area contributed by atoms with Crippen LogP contribution < -0.4 is 0 Å². The first kappa shape index (κ1) is 13.1. The van der Waals surface area contributed by atoms with E-state index >= 15 is 0 Å². The molecule has 0 aromatic heterocycles. The molecule has 2 aliphatic carbocycles.